The number of aliphatic hydroxyl groups excluding tert-OH is 1. The second-order valence-corrected chi connectivity index (χ2v) is 8.66. The summed E-state index contributed by atoms with van der Waals surface area (Å²) in [5, 5.41) is 13.9. The average Bonchev–Trinajstić information content (AvgIpc) is 2.93. The quantitative estimate of drug-likeness (QED) is 0.679. The SMILES string of the molecule is CC(=O)NC[C@]1(c2ccccc2)CC[C@@H](O)[C@H](N(C)C(=O)CN2CCOCC2)CC1. The second kappa shape index (κ2) is 10.4. The Kier molecular flexibility index (Phi) is 7.86. The van der Waals surface area contributed by atoms with E-state index < -0.39 is 6.10 Å². The van der Waals surface area contributed by atoms with E-state index in [1.165, 1.54) is 12.5 Å². The highest BCUT2D eigenvalue weighted by atomic mass is 16.5. The van der Waals surface area contributed by atoms with Gasteiger partial charge in [0.15, 0.2) is 0 Å². The smallest absolute Gasteiger partial charge is 0.236 e. The monoisotopic (exact) mass is 417 g/mol. The van der Waals surface area contributed by atoms with Gasteiger partial charge in [-0.05, 0) is 31.2 Å². The van der Waals surface area contributed by atoms with Crippen molar-refractivity contribution in [3.05, 3.63) is 35.9 Å². The molecular formula is C23H35N3O4. The molecule has 1 aromatic carbocycles. The van der Waals surface area contributed by atoms with Gasteiger partial charge in [-0.2, -0.15) is 0 Å². The number of hydrogen-bond donors (Lipinski definition) is 2. The third-order valence-electron chi connectivity index (χ3n) is 6.70. The molecule has 2 amide bonds. The van der Waals surface area contributed by atoms with E-state index in [1.807, 2.05) is 18.2 Å². The number of carbonyl (C=O) groups excluding carboxylic acids is 2. The summed E-state index contributed by atoms with van der Waals surface area (Å²) in [7, 11) is 1.81. The van der Waals surface area contributed by atoms with Gasteiger partial charge in [0.1, 0.15) is 0 Å². The molecule has 7 nitrogen and oxygen atoms in total. The number of amides is 2. The first-order chi connectivity index (χ1) is 14.4. The van der Waals surface area contributed by atoms with Crippen molar-refractivity contribution in [1.29, 1.82) is 0 Å². The van der Waals surface area contributed by atoms with Crippen LogP contribution in [0.5, 0.6) is 0 Å². The van der Waals surface area contributed by atoms with Gasteiger partial charge >= 0.3 is 0 Å². The van der Waals surface area contributed by atoms with Crippen LogP contribution < -0.4 is 5.32 Å². The summed E-state index contributed by atoms with van der Waals surface area (Å²) in [5.74, 6) is -0.0144. The van der Waals surface area contributed by atoms with Gasteiger partial charge < -0.3 is 20.1 Å². The zero-order valence-corrected chi connectivity index (χ0v) is 18.2. The Balaban J connectivity index is 1.71. The van der Waals surface area contributed by atoms with Gasteiger partial charge in [0.25, 0.3) is 0 Å². The van der Waals surface area contributed by atoms with Crippen LogP contribution in [-0.4, -0.2) is 85.3 Å². The van der Waals surface area contributed by atoms with Crippen LogP contribution in [-0.2, 0) is 19.7 Å². The highest BCUT2D eigenvalue weighted by molar-refractivity contribution is 5.78. The minimum absolute atomic E-state index is 0.0371. The third kappa shape index (κ3) is 5.59. The molecule has 1 saturated heterocycles. The van der Waals surface area contributed by atoms with Crippen molar-refractivity contribution in [2.24, 2.45) is 0 Å². The van der Waals surface area contributed by atoms with E-state index in [0.717, 1.165) is 25.9 Å². The molecule has 0 radical (unpaired) electrons. The number of ether oxygens (including phenoxy) is 1. The zero-order valence-electron chi connectivity index (χ0n) is 18.2. The normalized spacial score (nSPS) is 27.8. The lowest BCUT2D eigenvalue weighted by Gasteiger charge is -2.35. The number of rotatable bonds is 6. The highest BCUT2D eigenvalue weighted by Crippen LogP contribution is 2.39. The number of hydrogen-bond acceptors (Lipinski definition) is 5. The number of likely N-dealkylation sites (N-methyl/N-ethyl adjacent to an activating group) is 1. The number of carbonyl (C=O) groups is 2. The van der Waals surface area contributed by atoms with Gasteiger partial charge in [0, 0.05) is 39.0 Å². The summed E-state index contributed by atoms with van der Waals surface area (Å²) < 4.78 is 5.36. The lowest BCUT2D eigenvalue weighted by atomic mass is 9.74. The molecule has 166 valence electrons. The van der Waals surface area contributed by atoms with Crippen molar-refractivity contribution >= 4 is 11.8 Å². The molecule has 0 aromatic heterocycles. The summed E-state index contributed by atoms with van der Waals surface area (Å²) in [6.45, 7) is 5.28. The van der Waals surface area contributed by atoms with Gasteiger partial charge in [-0.3, -0.25) is 14.5 Å². The minimum atomic E-state index is -0.577. The predicted octanol–water partition coefficient (Wildman–Crippen LogP) is 1.15. The van der Waals surface area contributed by atoms with Crippen molar-refractivity contribution in [3.63, 3.8) is 0 Å². The molecule has 1 aliphatic carbocycles. The largest absolute Gasteiger partial charge is 0.391 e. The molecule has 3 rings (SSSR count). The molecule has 0 unspecified atom stereocenters. The third-order valence-corrected chi connectivity index (χ3v) is 6.70. The molecule has 7 heteroatoms. The van der Waals surface area contributed by atoms with Crippen molar-refractivity contribution in [2.45, 2.75) is 50.2 Å². The van der Waals surface area contributed by atoms with Gasteiger partial charge in [0.05, 0.1) is 31.9 Å². The Morgan fingerprint density at radius 1 is 1.20 bits per heavy atom. The molecule has 3 atom stereocenters. The lowest BCUT2D eigenvalue weighted by Crippen LogP contribution is -2.49. The lowest BCUT2D eigenvalue weighted by molar-refractivity contribution is -0.136. The van der Waals surface area contributed by atoms with Crippen LogP contribution in [0.25, 0.3) is 0 Å². The number of benzene rings is 1. The second-order valence-electron chi connectivity index (χ2n) is 8.66. The summed E-state index contributed by atoms with van der Waals surface area (Å²) in [6.07, 6.45) is 2.27. The Morgan fingerprint density at radius 3 is 2.53 bits per heavy atom. The molecule has 1 aromatic rings. The van der Waals surface area contributed by atoms with Crippen molar-refractivity contribution < 1.29 is 19.4 Å². The summed E-state index contributed by atoms with van der Waals surface area (Å²) in [4.78, 5) is 28.4. The molecule has 2 aliphatic rings. The van der Waals surface area contributed by atoms with E-state index in [1.54, 1.807) is 11.9 Å². The molecule has 1 saturated carbocycles. The summed E-state index contributed by atoms with van der Waals surface area (Å²) >= 11 is 0. The Bertz CT molecular complexity index is 708. The first kappa shape index (κ1) is 22.7. The van der Waals surface area contributed by atoms with Crippen LogP contribution in [0.1, 0.15) is 38.2 Å². The Hall–Kier alpha value is -1.96. The van der Waals surface area contributed by atoms with E-state index in [9.17, 15) is 14.7 Å². The molecule has 2 N–H and O–H groups in total. The van der Waals surface area contributed by atoms with Crippen molar-refractivity contribution in [1.82, 2.24) is 15.1 Å². The number of nitrogens with one attached hydrogen (secondary N) is 1. The molecule has 30 heavy (non-hydrogen) atoms. The van der Waals surface area contributed by atoms with E-state index in [0.29, 0.717) is 39.1 Å². The van der Waals surface area contributed by atoms with Crippen LogP contribution in [0.2, 0.25) is 0 Å². The summed E-state index contributed by atoms with van der Waals surface area (Å²) in [5.41, 5.74) is 0.936. The maximum Gasteiger partial charge on any atom is 0.236 e. The maximum atomic E-state index is 12.9. The van der Waals surface area contributed by atoms with Crippen LogP contribution in [0.4, 0.5) is 0 Å². The van der Waals surface area contributed by atoms with E-state index in [-0.39, 0.29) is 23.3 Å². The predicted molar refractivity (Wildman–Crippen MR) is 115 cm³/mol. The van der Waals surface area contributed by atoms with Crippen LogP contribution >= 0.6 is 0 Å². The van der Waals surface area contributed by atoms with Gasteiger partial charge in [0.2, 0.25) is 11.8 Å². The van der Waals surface area contributed by atoms with Gasteiger partial charge in [-0.15, -0.1) is 0 Å². The minimum Gasteiger partial charge on any atom is -0.391 e. The number of morpholine rings is 1. The van der Waals surface area contributed by atoms with Crippen molar-refractivity contribution in [2.75, 3.05) is 46.4 Å². The number of aliphatic hydroxyl groups is 1. The summed E-state index contributed by atoms with van der Waals surface area (Å²) in [6, 6.07) is 10.00. The fraction of sp³-hybridized carbons (Fsp3) is 0.652. The molecule has 1 aliphatic heterocycles. The van der Waals surface area contributed by atoms with E-state index in [2.05, 4.69) is 22.3 Å². The fourth-order valence-corrected chi connectivity index (χ4v) is 4.71. The maximum absolute atomic E-state index is 12.9. The standard InChI is InChI=1S/C23H35N3O4/c1-18(27)24-17-23(19-6-4-3-5-7-19)10-8-20(21(28)9-11-23)25(2)22(29)16-26-12-14-30-15-13-26/h3-7,20-21,28H,8-17H2,1-2H3,(H,24,27)/t20-,21-,23-/m1/s1. The Labute approximate surface area is 179 Å². The first-order valence-electron chi connectivity index (χ1n) is 10.9. The molecule has 0 spiro atoms. The zero-order chi connectivity index (χ0) is 21.6. The fourth-order valence-electron chi connectivity index (χ4n) is 4.71. The topological polar surface area (TPSA) is 82.1 Å². The molecule has 1 heterocycles. The van der Waals surface area contributed by atoms with Gasteiger partial charge in [-0.1, -0.05) is 30.3 Å². The highest BCUT2D eigenvalue weighted by Gasteiger charge is 2.40. The Morgan fingerprint density at radius 2 is 1.87 bits per heavy atom. The van der Waals surface area contributed by atoms with Crippen LogP contribution in [0.15, 0.2) is 30.3 Å². The van der Waals surface area contributed by atoms with Gasteiger partial charge in [-0.25, -0.2) is 0 Å². The van der Waals surface area contributed by atoms with E-state index >= 15 is 0 Å². The van der Waals surface area contributed by atoms with Crippen molar-refractivity contribution in [3.8, 4) is 0 Å². The van der Waals surface area contributed by atoms with Crippen LogP contribution in [0, 0.1) is 0 Å². The average molecular weight is 418 g/mol. The van der Waals surface area contributed by atoms with E-state index in [4.69, 9.17) is 4.74 Å². The van der Waals surface area contributed by atoms with Crippen LogP contribution in [0.3, 0.4) is 0 Å². The number of nitrogens with zero attached hydrogens (tertiary/aromatic N) is 2. The molecular weight excluding hydrogens is 382 g/mol. The first-order valence-corrected chi connectivity index (χ1v) is 10.9. The molecule has 0 bridgehead atoms. The molecule has 2 fully saturated rings.